The van der Waals surface area contributed by atoms with Gasteiger partial charge in [0.05, 0.1) is 17.3 Å². The number of carbonyl (C=O) groups excluding carboxylic acids is 1. The minimum atomic E-state index is -0.00802. The molecule has 2 saturated heterocycles. The molecule has 6 nitrogen and oxygen atoms in total. The van der Waals surface area contributed by atoms with Crippen LogP contribution in [0.4, 0.5) is 0 Å². The van der Waals surface area contributed by atoms with Gasteiger partial charge in [0, 0.05) is 37.4 Å². The SMILES string of the molecule is CC(C)n1nccc1[C@@H]1NC(=O)CC[C@H]1NC1CCOC2(CCC2)C1. The van der Waals surface area contributed by atoms with E-state index in [2.05, 4.69) is 29.6 Å². The summed E-state index contributed by atoms with van der Waals surface area (Å²) >= 11 is 0. The van der Waals surface area contributed by atoms with Gasteiger partial charge < -0.3 is 15.4 Å². The van der Waals surface area contributed by atoms with Crippen molar-refractivity contribution in [3.63, 3.8) is 0 Å². The Morgan fingerprint density at radius 2 is 2.24 bits per heavy atom. The molecule has 6 heteroatoms. The normalized spacial score (nSPS) is 31.8. The summed E-state index contributed by atoms with van der Waals surface area (Å²) < 4.78 is 8.09. The summed E-state index contributed by atoms with van der Waals surface area (Å²) in [6.45, 7) is 5.11. The first kappa shape index (κ1) is 17.0. The lowest BCUT2D eigenvalue weighted by Gasteiger charge is -2.48. The summed E-state index contributed by atoms with van der Waals surface area (Å²) in [4.78, 5) is 12.1. The maximum Gasteiger partial charge on any atom is 0.220 e. The summed E-state index contributed by atoms with van der Waals surface area (Å²) in [6.07, 6.45) is 9.18. The average Bonchev–Trinajstić information content (AvgIpc) is 3.05. The molecule has 3 atom stereocenters. The Morgan fingerprint density at radius 1 is 1.40 bits per heavy atom. The van der Waals surface area contributed by atoms with E-state index >= 15 is 0 Å². The second-order valence-corrected chi connectivity index (χ2v) is 8.23. The fourth-order valence-corrected chi connectivity index (χ4v) is 4.65. The first-order chi connectivity index (χ1) is 12.1. The van der Waals surface area contributed by atoms with Crippen LogP contribution >= 0.6 is 0 Å². The molecule has 2 N–H and O–H groups in total. The molecule has 3 fully saturated rings. The van der Waals surface area contributed by atoms with E-state index in [1.54, 1.807) is 0 Å². The molecule has 1 amide bonds. The van der Waals surface area contributed by atoms with Crippen molar-refractivity contribution in [3.05, 3.63) is 18.0 Å². The summed E-state index contributed by atoms with van der Waals surface area (Å²) in [6, 6.07) is 3.05. The molecule has 1 unspecified atom stereocenters. The van der Waals surface area contributed by atoms with Gasteiger partial charge in [0.2, 0.25) is 5.91 Å². The third-order valence-electron chi connectivity index (χ3n) is 6.12. The number of aromatic nitrogens is 2. The lowest BCUT2D eigenvalue weighted by atomic mass is 9.73. The maximum absolute atomic E-state index is 12.1. The molecule has 138 valence electrons. The molecular weight excluding hydrogens is 316 g/mol. The molecule has 0 bridgehead atoms. The van der Waals surface area contributed by atoms with E-state index in [9.17, 15) is 4.79 Å². The maximum atomic E-state index is 12.1. The average molecular weight is 346 g/mol. The highest BCUT2D eigenvalue weighted by atomic mass is 16.5. The number of nitrogens with zero attached hydrogens (tertiary/aromatic N) is 2. The Balaban J connectivity index is 1.50. The van der Waals surface area contributed by atoms with Crippen molar-refractivity contribution in [2.45, 2.75) is 88.6 Å². The standard InChI is InChI=1S/C19H30N4O2/c1-13(2)23-16(6-10-20-23)18-15(4-5-17(24)22-18)21-14-7-11-25-19(12-14)8-3-9-19/h6,10,13-15,18,21H,3-5,7-9,11-12H2,1-2H3,(H,22,24)/t14?,15-,18-/m1/s1. The molecule has 2 aliphatic heterocycles. The van der Waals surface area contributed by atoms with E-state index in [-0.39, 0.29) is 29.6 Å². The van der Waals surface area contributed by atoms with Gasteiger partial charge in [0.15, 0.2) is 0 Å². The van der Waals surface area contributed by atoms with E-state index in [0.717, 1.165) is 31.6 Å². The van der Waals surface area contributed by atoms with Crippen molar-refractivity contribution in [2.24, 2.45) is 0 Å². The Morgan fingerprint density at radius 3 is 2.96 bits per heavy atom. The van der Waals surface area contributed by atoms with Crippen molar-refractivity contribution in [3.8, 4) is 0 Å². The predicted octanol–water partition coefficient (Wildman–Crippen LogP) is 2.47. The van der Waals surface area contributed by atoms with E-state index < -0.39 is 0 Å². The van der Waals surface area contributed by atoms with Crippen molar-refractivity contribution >= 4 is 5.91 Å². The number of rotatable bonds is 4. The molecule has 25 heavy (non-hydrogen) atoms. The molecular formula is C19H30N4O2. The monoisotopic (exact) mass is 346 g/mol. The third-order valence-corrected chi connectivity index (χ3v) is 6.12. The smallest absolute Gasteiger partial charge is 0.220 e. The van der Waals surface area contributed by atoms with Crippen molar-refractivity contribution in [2.75, 3.05) is 6.61 Å². The second-order valence-electron chi connectivity index (χ2n) is 8.23. The van der Waals surface area contributed by atoms with E-state index in [1.165, 1.54) is 19.3 Å². The van der Waals surface area contributed by atoms with Crippen LogP contribution in [0.2, 0.25) is 0 Å². The van der Waals surface area contributed by atoms with Gasteiger partial charge in [0.25, 0.3) is 0 Å². The summed E-state index contributed by atoms with van der Waals surface area (Å²) in [7, 11) is 0. The van der Waals surface area contributed by atoms with Crippen LogP contribution in [0.3, 0.4) is 0 Å². The Kier molecular flexibility index (Phi) is 4.58. The first-order valence-electron chi connectivity index (χ1n) is 9.79. The quantitative estimate of drug-likeness (QED) is 0.879. The van der Waals surface area contributed by atoms with Crippen molar-refractivity contribution < 1.29 is 9.53 Å². The highest BCUT2D eigenvalue weighted by Crippen LogP contribution is 2.42. The van der Waals surface area contributed by atoms with Crippen molar-refractivity contribution in [1.29, 1.82) is 0 Å². The van der Waals surface area contributed by atoms with Gasteiger partial charge in [-0.3, -0.25) is 9.48 Å². The van der Waals surface area contributed by atoms with E-state index in [0.29, 0.717) is 12.5 Å². The Hall–Kier alpha value is -1.40. The fraction of sp³-hybridized carbons (Fsp3) is 0.789. The van der Waals surface area contributed by atoms with E-state index in [1.807, 2.05) is 16.9 Å². The molecule has 3 aliphatic rings. The lowest BCUT2D eigenvalue weighted by molar-refractivity contribution is -0.137. The number of piperidine rings is 1. The highest BCUT2D eigenvalue weighted by molar-refractivity contribution is 5.77. The zero-order chi connectivity index (χ0) is 17.4. The van der Waals surface area contributed by atoms with Gasteiger partial charge in [-0.15, -0.1) is 0 Å². The first-order valence-corrected chi connectivity index (χ1v) is 9.79. The summed E-state index contributed by atoms with van der Waals surface area (Å²) in [5.41, 5.74) is 1.24. The van der Waals surface area contributed by atoms with Crippen LogP contribution in [-0.2, 0) is 9.53 Å². The van der Waals surface area contributed by atoms with Gasteiger partial charge in [-0.05, 0) is 58.4 Å². The largest absolute Gasteiger partial charge is 0.375 e. The number of carbonyl (C=O) groups is 1. The molecule has 1 saturated carbocycles. The molecule has 1 spiro atoms. The number of hydrogen-bond acceptors (Lipinski definition) is 4. The lowest BCUT2D eigenvalue weighted by Crippen LogP contribution is -2.56. The van der Waals surface area contributed by atoms with Crippen LogP contribution in [-0.4, -0.2) is 40.0 Å². The van der Waals surface area contributed by atoms with Gasteiger partial charge in [0.1, 0.15) is 0 Å². The van der Waals surface area contributed by atoms with Gasteiger partial charge >= 0.3 is 0 Å². The van der Waals surface area contributed by atoms with Crippen LogP contribution in [0, 0.1) is 0 Å². The molecule has 1 aromatic rings. The molecule has 3 heterocycles. The Bertz CT molecular complexity index is 623. The molecule has 4 rings (SSSR count). The van der Waals surface area contributed by atoms with Crippen LogP contribution < -0.4 is 10.6 Å². The topological polar surface area (TPSA) is 68.2 Å². The predicted molar refractivity (Wildman–Crippen MR) is 95.2 cm³/mol. The number of hydrogen-bond donors (Lipinski definition) is 2. The minimum absolute atomic E-state index is 0.00802. The number of amides is 1. The number of nitrogens with one attached hydrogen (secondary N) is 2. The summed E-state index contributed by atoms with van der Waals surface area (Å²) in [5, 5.41) is 11.5. The van der Waals surface area contributed by atoms with Crippen LogP contribution in [0.15, 0.2) is 12.3 Å². The van der Waals surface area contributed by atoms with Gasteiger partial charge in [-0.1, -0.05) is 0 Å². The third kappa shape index (κ3) is 3.34. The second kappa shape index (κ2) is 6.72. The molecule has 1 aromatic heterocycles. The van der Waals surface area contributed by atoms with Gasteiger partial charge in [-0.25, -0.2) is 0 Å². The Labute approximate surface area is 149 Å². The van der Waals surface area contributed by atoms with Crippen LogP contribution in [0.1, 0.15) is 76.6 Å². The van der Waals surface area contributed by atoms with Crippen molar-refractivity contribution in [1.82, 2.24) is 20.4 Å². The zero-order valence-electron chi connectivity index (χ0n) is 15.3. The van der Waals surface area contributed by atoms with Crippen LogP contribution in [0.5, 0.6) is 0 Å². The van der Waals surface area contributed by atoms with Gasteiger partial charge in [-0.2, -0.15) is 5.10 Å². The van der Waals surface area contributed by atoms with E-state index in [4.69, 9.17) is 4.74 Å². The minimum Gasteiger partial charge on any atom is -0.375 e. The fourth-order valence-electron chi connectivity index (χ4n) is 4.65. The molecule has 1 aliphatic carbocycles. The molecule has 0 aromatic carbocycles. The zero-order valence-corrected chi connectivity index (χ0v) is 15.3. The summed E-state index contributed by atoms with van der Waals surface area (Å²) in [5.74, 6) is 0.141. The highest BCUT2D eigenvalue weighted by Gasteiger charge is 2.43. The number of ether oxygens (including phenoxy) is 1. The van der Waals surface area contributed by atoms with Crippen LogP contribution in [0.25, 0.3) is 0 Å². The molecule has 0 radical (unpaired) electrons.